The van der Waals surface area contributed by atoms with E-state index in [0.717, 1.165) is 62.8 Å². The first-order valence-corrected chi connectivity index (χ1v) is 8.20. The van der Waals surface area contributed by atoms with Crippen LogP contribution in [0.4, 0.5) is 11.6 Å². The molecule has 1 atom stereocenters. The molecule has 2 aromatic heterocycles. The minimum Gasteiger partial charge on any atom is -0.379 e. The molecule has 7 heteroatoms. The topological polar surface area (TPSA) is 87.8 Å². The summed E-state index contributed by atoms with van der Waals surface area (Å²) in [6.45, 7) is 4.53. The number of nitrogens with one attached hydrogen (secondary N) is 3. The molecule has 1 aliphatic heterocycles. The lowest BCUT2D eigenvalue weighted by molar-refractivity contribution is 0.0875. The maximum absolute atomic E-state index is 5.48. The fraction of sp³-hybridized carbons (Fsp3) is 0.562. The fourth-order valence-electron chi connectivity index (χ4n) is 2.72. The Labute approximate surface area is 136 Å². The van der Waals surface area contributed by atoms with Gasteiger partial charge in [-0.1, -0.05) is 0 Å². The van der Waals surface area contributed by atoms with Gasteiger partial charge >= 0.3 is 0 Å². The first kappa shape index (κ1) is 15.7. The van der Waals surface area contributed by atoms with E-state index < -0.39 is 0 Å². The molecule has 0 unspecified atom stereocenters. The van der Waals surface area contributed by atoms with Crippen molar-refractivity contribution < 1.29 is 4.74 Å². The van der Waals surface area contributed by atoms with Crippen molar-refractivity contribution in [3.05, 3.63) is 29.8 Å². The summed E-state index contributed by atoms with van der Waals surface area (Å²) in [5, 5.41) is 13.8. The van der Waals surface area contributed by atoms with Crippen LogP contribution in [0, 0.1) is 6.92 Å². The third-order valence-electron chi connectivity index (χ3n) is 4.04. The van der Waals surface area contributed by atoms with Crippen molar-refractivity contribution in [2.24, 2.45) is 0 Å². The van der Waals surface area contributed by atoms with Gasteiger partial charge in [0.1, 0.15) is 18.0 Å². The van der Waals surface area contributed by atoms with Crippen LogP contribution in [-0.2, 0) is 11.2 Å². The molecule has 2 aromatic rings. The number of ether oxygens (including phenoxy) is 1. The lowest BCUT2D eigenvalue weighted by Gasteiger charge is -2.23. The molecule has 3 rings (SSSR count). The third-order valence-corrected chi connectivity index (χ3v) is 4.04. The van der Waals surface area contributed by atoms with Crippen LogP contribution in [0.15, 0.2) is 18.6 Å². The number of aromatic amines is 1. The van der Waals surface area contributed by atoms with E-state index in [1.807, 2.05) is 19.2 Å². The molecule has 3 heterocycles. The van der Waals surface area contributed by atoms with Gasteiger partial charge in [-0.2, -0.15) is 5.10 Å². The van der Waals surface area contributed by atoms with Crippen molar-refractivity contribution in [2.75, 3.05) is 30.4 Å². The Kier molecular flexibility index (Phi) is 5.42. The molecule has 1 aliphatic rings. The molecule has 3 N–H and O–H groups in total. The van der Waals surface area contributed by atoms with Crippen LogP contribution in [0.5, 0.6) is 0 Å². The maximum atomic E-state index is 5.48. The molecule has 0 aromatic carbocycles. The molecule has 0 amide bonds. The van der Waals surface area contributed by atoms with E-state index in [0.29, 0.717) is 6.04 Å². The van der Waals surface area contributed by atoms with E-state index in [-0.39, 0.29) is 0 Å². The van der Waals surface area contributed by atoms with E-state index in [4.69, 9.17) is 4.74 Å². The molecule has 0 bridgehead atoms. The van der Waals surface area contributed by atoms with Gasteiger partial charge in [-0.25, -0.2) is 9.97 Å². The highest BCUT2D eigenvalue weighted by Crippen LogP contribution is 2.14. The fourth-order valence-corrected chi connectivity index (χ4v) is 2.72. The molecule has 0 spiro atoms. The summed E-state index contributed by atoms with van der Waals surface area (Å²) in [5.41, 5.74) is 2.42. The van der Waals surface area contributed by atoms with Gasteiger partial charge in [-0.15, -0.1) is 0 Å². The van der Waals surface area contributed by atoms with Gasteiger partial charge in [-0.05, 0) is 38.2 Å². The number of aryl methyl sites for hydroxylation is 2. The Morgan fingerprint density at radius 2 is 2.26 bits per heavy atom. The molecule has 7 nitrogen and oxygen atoms in total. The van der Waals surface area contributed by atoms with E-state index in [1.54, 1.807) is 6.33 Å². The van der Waals surface area contributed by atoms with E-state index in [9.17, 15) is 0 Å². The monoisotopic (exact) mass is 316 g/mol. The van der Waals surface area contributed by atoms with E-state index >= 15 is 0 Å². The average molecular weight is 316 g/mol. The molecule has 0 radical (unpaired) electrons. The van der Waals surface area contributed by atoms with Gasteiger partial charge in [0.25, 0.3) is 0 Å². The quantitative estimate of drug-likeness (QED) is 0.678. The predicted molar refractivity (Wildman–Crippen MR) is 89.6 cm³/mol. The standard InChI is InChI=1S/C16H24N6O/c1-12-13(9-20-22-12)4-2-6-17-15-8-16(19-11-18-15)21-14-5-3-7-23-10-14/h8-9,11,14H,2-7,10H2,1H3,(H,20,22)(H2,17,18,19,21)/t14-/m1/s1. The number of rotatable bonds is 7. The highest BCUT2D eigenvalue weighted by atomic mass is 16.5. The zero-order valence-corrected chi connectivity index (χ0v) is 13.5. The lowest BCUT2D eigenvalue weighted by Crippen LogP contribution is -2.30. The summed E-state index contributed by atoms with van der Waals surface area (Å²) < 4.78 is 5.48. The number of nitrogens with zero attached hydrogens (tertiary/aromatic N) is 3. The molecule has 1 fully saturated rings. The highest BCUT2D eigenvalue weighted by Gasteiger charge is 2.14. The van der Waals surface area contributed by atoms with Crippen molar-refractivity contribution in [1.82, 2.24) is 20.2 Å². The molecule has 23 heavy (non-hydrogen) atoms. The van der Waals surface area contributed by atoms with Crippen LogP contribution >= 0.6 is 0 Å². The molecular weight excluding hydrogens is 292 g/mol. The average Bonchev–Trinajstić information content (AvgIpc) is 2.98. The van der Waals surface area contributed by atoms with Crippen molar-refractivity contribution in [1.29, 1.82) is 0 Å². The number of hydrogen-bond donors (Lipinski definition) is 3. The SMILES string of the molecule is Cc1[nH]ncc1CCCNc1cc(N[C@@H]2CCCOC2)ncn1. The second-order valence-corrected chi connectivity index (χ2v) is 5.90. The molecular formula is C16H24N6O. The Bertz CT molecular complexity index is 608. The molecule has 0 saturated carbocycles. The Hall–Kier alpha value is -2.15. The molecule has 0 aliphatic carbocycles. The zero-order valence-electron chi connectivity index (χ0n) is 13.5. The van der Waals surface area contributed by atoms with Crippen LogP contribution < -0.4 is 10.6 Å². The second-order valence-electron chi connectivity index (χ2n) is 5.90. The lowest BCUT2D eigenvalue weighted by atomic mass is 10.1. The van der Waals surface area contributed by atoms with Crippen LogP contribution in [0.25, 0.3) is 0 Å². The summed E-state index contributed by atoms with van der Waals surface area (Å²) in [6.07, 6.45) is 7.75. The number of anilines is 2. The summed E-state index contributed by atoms with van der Waals surface area (Å²) in [5.74, 6) is 1.70. The first-order valence-electron chi connectivity index (χ1n) is 8.20. The van der Waals surface area contributed by atoms with Crippen LogP contribution in [0.3, 0.4) is 0 Å². The third kappa shape index (κ3) is 4.66. The maximum Gasteiger partial charge on any atom is 0.131 e. The minimum absolute atomic E-state index is 0.343. The summed E-state index contributed by atoms with van der Waals surface area (Å²) in [6, 6.07) is 2.30. The summed E-state index contributed by atoms with van der Waals surface area (Å²) in [7, 11) is 0. The normalized spacial score (nSPS) is 17.9. The summed E-state index contributed by atoms with van der Waals surface area (Å²) in [4.78, 5) is 8.56. The van der Waals surface area contributed by atoms with Gasteiger partial charge < -0.3 is 15.4 Å². The molecule has 1 saturated heterocycles. The van der Waals surface area contributed by atoms with Gasteiger partial charge in [0.05, 0.1) is 18.8 Å². The van der Waals surface area contributed by atoms with Crippen molar-refractivity contribution >= 4 is 11.6 Å². The smallest absolute Gasteiger partial charge is 0.131 e. The largest absolute Gasteiger partial charge is 0.379 e. The van der Waals surface area contributed by atoms with Crippen molar-refractivity contribution in [2.45, 2.75) is 38.6 Å². The number of hydrogen-bond acceptors (Lipinski definition) is 6. The van der Waals surface area contributed by atoms with Gasteiger partial charge in [0.2, 0.25) is 0 Å². The van der Waals surface area contributed by atoms with Gasteiger partial charge in [0.15, 0.2) is 0 Å². The number of H-pyrrole nitrogens is 1. The minimum atomic E-state index is 0.343. The van der Waals surface area contributed by atoms with Crippen LogP contribution in [0.2, 0.25) is 0 Å². The van der Waals surface area contributed by atoms with Crippen LogP contribution in [-0.4, -0.2) is 46.0 Å². The van der Waals surface area contributed by atoms with Crippen molar-refractivity contribution in [3.8, 4) is 0 Å². The Morgan fingerprint density at radius 3 is 3.04 bits per heavy atom. The van der Waals surface area contributed by atoms with Crippen LogP contribution in [0.1, 0.15) is 30.5 Å². The Morgan fingerprint density at radius 1 is 1.35 bits per heavy atom. The van der Waals surface area contributed by atoms with Crippen molar-refractivity contribution in [3.63, 3.8) is 0 Å². The summed E-state index contributed by atoms with van der Waals surface area (Å²) >= 11 is 0. The predicted octanol–water partition coefficient (Wildman–Crippen LogP) is 2.14. The Balaban J connectivity index is 1.44. The van der Waals surface area contributed by atoms with E-state index in [1.165, 1.54) is 5.56 Å². The highest BCUT2D eigenvalue weighted by molar-refractivity contribution is 5.46. The molecule has 124 valence electrons. The van der Waals surface area contributed by atoms with Gasteiger partial charge in [-0.3, -0.25) is 5.10 Å². The van der Waals surface area contributed by atoms with Gasteiger partial charge in [0, 0.05) is 24.9 Å². The number of aromatic nitrogens is 4. The van der Waals surface area contributed by atoms with E-state index in [2.05, 4.69) is 30.8 Å². The zero-order chi connectivity index (χ0) is 15.9. The second kappa shape index (κ2) is 7.92. The first-order chi connectivity index (χ1) is 11.3.